The zero-order chi connectivity index (χ0) is 15.2. The van der Waals surface area contributed by atoms with Gasteiger partial charge >= 0.3 is 5.82 Å². The van der Waals surface area contributed by atoms with Gasteiger partial charge in [-0.2, -0.15) is 0 Å². The molecule has 0 saturated heterocycles. The second-order valence-electron chi connectivity index (χ2n) is 4.44. The predicted octanol–water partition coefficient (Wildman–Crippen LogP) is 4.23. The van der Waals surface area contributed by atoms with E-state index in [1.54, 1.807) is 24.4 Å². The lowest BCUT2D eigenvalue weighted by molar-refractivity contribution is -0.364. The van der Waals surface area contributed by atoms with Crippen LogP contribution in [-0.2, 0) is 0 Å². The summed E-state index contributed by atoms with van der Waals surface area (Å²) >= 11 is 3.34. The number of benzene rings is 1. The summed E-state index contributed by atoms with van der Waals surface area (Å²) in [5.74, 6) is 0.741. The molecule has 0 unspecified atom stereocenters. The third kappa shape index (κ3) is 4.01. The monoisotopic (exact) mass is 349 g/mol. The first-order valence-electron chi connectivity index (χ1n) is 6.81. The fourth-order valence-electron chi connectivity index (χ4n) is 1.95. The number of aromatic nitrogens is 1. The van der Waals surface area contributed by atoms with Gasteiger partial charge in [-0.25, -0.2) is 4.98 Å². The molecule has 5 nitrogen and oxygen atoms in total. The van der Waals surface area contributed by atoms with Crippen LogP contribution < -0.4 is 9.88 Å². The highest BCUT2D eigenvalue weighted by Crippen LogP contribution is 2.31. The molecule has 0 amide bonds. The first-order chi connectivity index (χ1) is 10.1. The normalized spacial score (nSPS) is 11.0. The molecule has 2 N–H and O–H groups in total. The minimum atomic E-state index is 0.125. The number of nitrogens with one attached hydrogen (secondary N) is 1. The standard InChI is InChI=1S/C15H17BrN4O/c1-3-20(4-2)12-6-7-13(14(21)9-12)18-19-15-8-5-11(16)10-17-15/h5-10,21H,3-4H2,1-2H3/p+1. The summed E-state index contributed by atoms with van der Waals surface area (Å²) < 4.78 is 0.938. The van der Waals surface area contributed by atoms with Crippen molar-refractivity contribution < 1.29 is 10.1 Å². The number of phenolic OH excluding ortho intramolecular Hbond substituents is 1. The number of aromatic amines is 1. The van der Waals surface area contributed by atoms with Crippen LogP contribution in [0.25, 0.3) is 0 Å². The lowest BCUT2D eigenvalue weighted by atomic mass is 10.2. The molecular weight excluding hydrogens is 332 g/mol. The second kappa shape index (κ2) is 7.17. The van der Waals surface area contributed by atoms with Crippen LogP contribution in [0.2, 0.25) is 0 Å². The van der Waals surface area contributed by atoms with Crippen LogP contribution >= 0.6 is 15.9 Å². The maximum atomic E-state index is 10.1. The molecule has 0 aliphatic heterocycles. The summed E-state index contributed by atoms with van der Waals surface area (Å²) in [7, 11) is 0. The van der Waals surface area contributed by atoms with E-state index >= 15 is 0 Å². The highest BCUT2D eigenvalue weighted by Gasteiger charge is 2.08. The Balaban J connectivity index is 2.19. The summed E-state index contributed by atoms with van der Waals surface area (Å²) in [6.45, 7) is 5.95. The number of H-pyrrole nitrogens is 1. The quantitative estimate of drug-likeness (QED) is 0.821. The van der Waals surface area contributed by atoms with Crippen molar-refractivity contribution in [1.29, 1.82) is 0 Å². The van der Waals surface area contributed by atoms with Gasteiger partial charge in [0.05, 0.1) is 9.59 Å². The number of nitrogens with zero attached hydrogens (tertiary/aromatic N) is 3. The van der Waals surface area contributed by atoms with Crippen molar-refractivity contribution in [3.63, 3.8) is 0 Å². The Hall–Kier alpha value is -1.95. The van der Waals surface area contributed by atoms with Gasteiger partial charge in [0, 0.05) is 30.9 Å². The van der Waals surface area contributed by atoms with Crippen LogP contribution in [0.1, 0.15) is 13.8 Å². The van der Waals surface area contributed by atoms with Crippen molar-refractivity contribution in [2.45, 2.75) is 13.8 Å². The number of rotatable bonds is 5. The first kappa shape index (κ1) is 15.4. The summed E-state index contributed by atoms with van der Waals surface area (Å²) in [5, 5.41) is 18.2. The minimum Gasteiger partial charge on any atom is -0.505 e. The molecule has 0 fully saturated rings. The predicted molar refractivity (Wildman–Crippen MR) is 86.5 cm³/mol. The number of phenols is 1. The topological polar surface area (TPSA) is 62.3 Å². The largest absolute Gasteiger partial charge is 0.505 e. The average molecular weight is 350 g/mol. The molecule has 1 aromatic heterocycles. The third-order valence-corrected chi connectivity index (χ3v) is 3.60. The molecular formula is C15H18BrN4O+. The van der Waals surface area contributed by atoms with E-state index in [4.69, 9.17) is 0 Å². The van der Waals surface area contributed by atoms with Gasteiger partial charge in [-0.3, -0.25) is 0 Å². The number of pyridine rings is 1. The Morgan fingerprint density at radius 1 is 1.14 bits per heavy atom. The van der Waals surface area contributed by atoms with E-state index in [0.29, 0.717) is 11.5 Å². The van der Waals surface area contributed by atoms with Crippen molar-refractivity contribution in [3.05, 3.63) is 41.0 Å². The third-order valence-electron chi connectivity index (χ3n) is 3.11. The Labute approximate surface area is 132 Å². The van der Waals surface area contributed by atoms with E-state index in [0.717, 1.165) is 23.2 Å². The zero-order valence-electron chi connectivity index (χ0n) is 12.0. The van der Waals surface area contributed by atoms with Gasteiger partial charge in [0.1, 0.15) is 11.9 Å². The molecule has 0 bridgehead atoms. The van der Waals surface area contributed by atoms with E-state index in [1.165, 1.54) is 0 Å². The summed E-state index contributed by atoms with van der Waals surface area (Å²) in [4.78, 5) is 5.13. The molecule has 2 rings (SSSR count). The number of hydrogen-bond donors (Lipinski definition) is 1. The second-order valence-corrected chi connectivity index (χ2v) is 5.35. The van der Waals surface area contributed by atoms with Gasteiger partial charge < -0.3 is 10.0 Å². The minimum absolute atomic E-state index is 0.125. The molecule has 0 saturated carbocycles. The molecule has 0 aliphatic carbocycles. The highest BCUT2D eigenvalue weighted by molar-refractivity contribution is 9.10. The van der Waals surface area contributed by atoms with Crippen molar-refractivity contribution in [2.75, 3.05) is 18.0 Å². The van der Waals surface area contributed by atoms with Gasteiger partial charge in [-0.1, -0.05) is 0 Å². The van der Waals surface area contributed by atoms with Crippen molar-refractivity contribution in [3.8, 4) is 5.75 Å². The Morgan fingerprint density at radius 3 is 2.48 bits per heavy atom. The molecule has 0 radical (unpaired) electrons. The molecule has 21 heavy (non-hydrogen) atoms. The van der Waals surface area contributed by atoms with Crippen LogP contribution in [0.15, 0.2) is 51.2 Å². The number of azo groups is 1. The summed E-state index contributed by atoms with van der Waals surface area (Å²) in [6, 6.07) is 9.09. The first-order valence-corrected chi connectivity index (χ1v) is 7.60. The van der Waals surface area contributed by atoms with Crippen LogP contribution in [0.5, 0.6) is 5.75 Å². The van der Waals surface area contributed by atoms with E-state index in [2.05, 4.69) is 49.9 Å². The van der Waals surface area contributed by atoms with Gasteiger partial charge in [0.25, 0.3) is 0 Å². The van der Waals surface area contributed by atoms with Crippen molar-refractivity contribution in [1.82, 2.24) is 0 Å². The maximum absolute atomic E-state index is 10.1. The molecule has 0 spiro atoms. The number of hydrogen-bond acceptors (Lipinski definition) is 4. The van der Waals surface area contributed by atoms with Gasteiger partial charge in [0.2, 0.25) is 0 Å². The SMILES string of the molecule is CCN(CC)c1ccc(N=Nc2ccc(Br)c[nH+]2)c(O)c1. The summed E-state index contributed by atoms with van der Waals surface area (Å²) in [6.07, 6.45) is 1.78. The van der Waals surface area contributed by atoms with E-state index in [9.17, 15) is 5.11 Å². The van der Waals surface area contributed by atoms with E-state index in [1.807, 2.05) is 12.1 Å². The Morgan fingerprint density at radius 2 is 1.90 bits per heavy atom. The van der Waals surface area contributed by atoms with E-state index in [-0.39, 0.29) is 5.75 Å². The van der Waals surface area contributed by atoms with Crippen molar-refractivity contribution >= 4 is 33.1 Å². The molecule has 110 valence electrons. The lowest BCUT2D eigenvalue weighted by Gasteiger charge is -2.21. The maximum Gasteiger partial charge on any atom is 0.348 e. The lowest BCUT2D eigenvalue weighted by Crippen LogP contribution is -2.21. The fraction of sp³-hybridized carbons (Fsp3) is 0.267. The number of anilines is 1. The molecule has 6 heteroatoms. The van der Waals surface area contributed by atoms with Crippen LogP contribution in [0.3, 0.4) is 0 Å². The number of halogens is 1. The highest BCUT2D eigenvalue weighted by atomic mass is 79.9. The van der Waals surface area contributed by atoms with Crippen LogP contribution in [0, 0.1) is 0 Å². The average Bonchev–Trinajstić information content (AvgIpc) is 2.49. The van der Waals surface area contributed by atoms with Gasteiger partial charge in [0.15, 0.2) is 5.69 Å². The van der Waals surface area contributed by atoms with Crippen LogP contribution in [0.4, 0.5) is 17.2 Å². The zero-order valence-corrected chi connectivity index (χ0v) is 13.6. The molecule has 0 atom stereocenters. The smallest absolute Gasteiger partial charge is 0.348 e. The van der Waals surface area contributed by atoms with Gasteiger partial charge in [-0.15, -0.1) is 0 Å². The molecule has 0 aliphatic rings. The van der Waals surface area contributed by atoms with E-state index < -0.39 is 0 Å². The molecule has 2 aromatic rings. The summed E-state index contributed by atoms with van der Waals surface area (Å²) in [5.41, 5.74) is 1.42. The van der Waals surface area contributed by atoms with Crippen molar-refractivity contribution in [2.24, 2.45) is 10.2 Å². The van der Waals surface area contributed by atoms with Gasteiger partial charge in [-0.05, 0) is 53.1 Å². The Bertz CT molecular complexity index is 624. The molecule has 1 aromatic carbocycles. The fourth-order valence-corrected chi connectivity index (χ4v) is 2.20. The molecule has 1 heterocycles. The van der Waals surface area contributed by atoms with Crippen LogP contribution in [-0.4, -0.2) is 18.2 Å². The Kier molecular flexibility index (Phi) is 5.27. The number of aromatic hydroxyl groups is 1.